The van der Waals surface area contributed by atoms with Gasteiger partial charge in [0.15, 0.2) is 0 Å². The van der Waals surface area contributed by atoms with Gasteiger partial charge >= 0.3 is 0 Å². The normalized spacial score (nSPS) is 37.6. The zero-order chi connectivity index (χ0) is 22.0. The number of piperidine rings is 4. The first-order valence-corrected chi connectivity index (χ1v) is 13.7. The van der Waals surface area contributed by atoms with Crippen LogP contribution >= 0.6 is 0 Å². The molecule has 0 aliphatic carbocycles. The number of rotatable bonds is 4. The van der Waals surface area contributed by atoms with Crippen LogP contribution in [0.15, 0.2) is 0 Å². The Bertz CT molecular complexity index is 437. The van der Waals surface area contributed by atoms with E-state index in [2.05, 4.69) is 65.2 Å². The average molecular weight is 419 g/mol. The molecular formula is C28H54N2. The lowest BCUT2D eigenvalue weighted by atomic mass is 9.73. The molecule has 4 fully saturated rings. The lowest BCUT2D eigenvalue weighted by molar-refractivity contribution is -0.0195. The topological polar surface area (TPSA) is 6.48 Å². The van der Waals surface area contributed by atoms with Crippen molar-refractivity contribution in [3.05, 3.63) is 0 Å². The highest BCUT2D eigenvalue weighted by Gasteiger charge is 2.41. The number of fused-ring (bicyclic) bond motifs is 4. The van der Waals surface area contributed by atoms with Crippen LogP contribution in [0.1, 0.15) is 120 Å². The molecule has 0 aromatic rings. The van der Waals surface area contributed by atoms with Crippen molar-refractivity contribution in [1.29, 1.82) is 0 Å². The molecule has 2 unspecified atom stereocenters. The second-order valence-corrected chi connectivity index (χ2v) is 12.5. The molecule has 0 spiro atoms. The molecule has 4 aliphatic rings. The Morgan fingerprint density at radius 2 is 0.733 bits per heavy atom. The molecule has 4 aliphatic heterocycles. The maximum absolute atomic E-state index is 2.82. The third kappa shape index (κ3) is 5.64. The zero-order valence-electron chi connectivity index (χ0n) is 21.7. The fourth-order valence-corrected chi connectivity index (χ4v) is 7.69. The highest BCUT2D eigenvalue weighted by molar-refractivity contribution is 4.95. The summed E-state index contributed by atoms with van der Waals surface area (Å²) in [6.45, 7) is 19.1. The Labute approximate surface area is 189 Å². The van der Waals surface area contributed by atoms with E-state index in [4.69, 9.17) is 0 Å². The van der Waals surface area contributed by atoms with Gasteiger partial charge in [-0.05, 0) is 103 Å². The van der Waals surface area contributed by atoms with Crippen molar-refractivity contribution in [2.45, 2.75) is 156 Å². The van der Waals surface area contributed by atoms with Crippen molar-refractivity contribution in [3.8, 4) is 0 Å². The Morgan fingerprint density at radius 3 is 0.933 bits per heavy atom. The summed E-state index contributed by atoms with van der Waals surface area (Å²) in [5.41, 5.74) is 0. The summed E-state index contributed by atoms with van der Waals surface area (Å²) in [6.07, 6.45) is 14.6. The van der Waals surface area contributed by atoms with Crippen LogP contribution in [-0.2, 0) is 0 Å². The van der Waals surface area contributed by atoms with Gasteiger partial charge in [0.05, 0.1) is 0 Å². The van der Waals surface area contributed by atoms with E-state index in [1.807, 2.05) is 0 Å². The van der Waals surface area contributed by atoms with Crippen molar-refractivity contribution >= 4 is 0 Å². The van der Waals surface area contributed by atoms with Gasteiger partial charge < -0.3 is 0 Å². The minimum Gasteiger partial charge on any atom is -0.295 e. The lowest BCUT2D eigenvalue weighted by Gasteiger charge is -2.52. The molecule has 0 saturated carbocycles. The van der Waals surface area contributed by atoms with Crippen LogP contribution in [0.3, 0.4) is 0 Å². The number of hydrogen-bond acceptors (Lipinski definition) is 2. The van der Waals surface area contributed by atoms with Crippen molar-refractivity contribution in [1.82, 2.24) is 9.80 Å². The largest absolute Gasteiger partial charge is 0.295 e. The highest BCUT2D eigenvalue weighted by atomic mass is 15.2. The fourth-order valence-electron chi connectivity index (χ4n) is 7.69. The summed E-state index contributed by atoms with van der Waals surface area (Å²) in [5.74, 6) is 3.77. The fraction of sp³-hybridized carbons (Fsp3) is 1.00. The van der Waals surface area contributed by atoms with Crippen LogP contribution < -0.4 is 0 Å². The Morgan fingerprint density at radius 1 is 0.467 bits per heavy atom. The van der Waals surface area contributed by atoms with E-state index < -0.39 is 0 Å². The standard InChI is InChI=1S/2C14H27N/c2*1-10(2)12-8-13-6-5-7-14(9-12)15(13)11(3)4/h2*10-14H,5-9H2,1-4H3/t2*12?,13-,14+. The minimum absolute atomic E-state index is 0.758. The molecule has 0 amide bonds. The van der Waals surface area contributed by atoms with Crippen LogP contribution in [0.2, 0.25) is 0 Å². The molecule has 6 atom stereocenters. The summed E-state index contributed by atoms with van der Waals surface area (Å²) >= 11 is 0. The van der Waals surface area contributed by atoms with Gasteiger partial charge in [0.1, 0.15) is 0 Å². The summed E-state index contributed by atoms with van der Waals surface area (Å²) in [5, 5.41) is 0. The molecule has 4 rings (SSSR count). The average Bonchev–Trinajstić information content (AvgIpc) is 2.65. The molecule has 176 valence electrons. The molecule has 0 aromatic carbocycles. The molecular weight excluding hydrogens is 364 g/mol. The number of hydrogen-bond donors (Lipinski definition) is 0. The Balaban J connectivity index is 0.000000171. The van der Waals surface area contributed by atoms with Crippen molar-refractivity contribution in [2.24, 2.45) is 23.7 Å². The minimum atomic E-state index is 0.758. The van der Waals surface area contributed by atoms with Gasteiger partial charge in [-0.3, -0.25) is 9.80 Å². The van der Waals surface area contributed by atoms with Gasteiger partial charge in [-0.1, -0.05) is 40.5 Å². The van der Waals surface area contributed by atoms with Crippen LogP contribution in [0.5, 0.6) is 0 Å². The molecule has 0 N–H and O–H groups in total. The molecule has 0 radical (unpaired) electrons. The molecule has 4 heterocycles. The van der Waals surface area contributed by atoms with E-state index in [-0.39, 0.29) is 0 Å². The van der Waals surface area contributed by atoms with Crippen molar-refractivity contribution in [3.63, 3.8) is 0 Å². The summed E-state index contributed by atoms with van der Waals surface area (Å²) < 4.78 is 0. The SMILES string of the molecule is CC(C)C1C[C@H]2CCC[C@@H](C1)N2C(C)C.CC(C)C1C[C@H]2CCC[C@@H](C1)N2C(C)C. The van der Waals surface area contributed by atoms with E-state index in [9.17, 15) is 0 Å². The van der Waals surface area contributed by atoms with E-state index in [1.165, 1.54) is 64.2 Å². The monoisotopic (exact) mass is 418 g/mol. The van der Waals surface area contributed by atoms with E-state index >= 15 is 0 Å². The molecule has 0 aromatic heterocycles. The van der Waals surface area contributed by atoms with E-state index in [1.54, 1.807) is 0 Å². The van der Waals surface area contributed by atoms with E-state index in [0.29, 0.717) is 0 Å². The van der Waals surface area contributed by atoms with Gasteiger partial charge in [-0.2, -0.15) is 0 Å². The summed E-state index contributed by atoms with van der Waals surface area (Å²) in [6, 6.07) is 5.14. The third-order valence-corrected chi connectivity index (χ3v) is 9.21. The second-order valence-electron chi connectivity index (χ2n) is 12.5. The predicted molar refractivity (Wildman–Crippen MR) is 132 cm³/mol. The molecule has 4 bridgehead atoms. The molecule has 2 heteroatoms. The second kappa shape index (κ2) is 10.7. The zero-order valence-corrected chi connectivity index (χ0v) is 21.7. The maximum Gasteiger partial charge on any atom is 0.0104 e. The first-order chi connectivity index (χ1) is 14.2. The van der Waals surface area contributed by atoms with Crippen molar-refractivity contribution < 1.29 is 0 Å². The van der Waals surface area contributed by atoms with Gasteiger partial charge in [0.25, 0.3) is 0 Å². The quantitative estimate of drug-likeness (QED) is 0.470. The van der Waals surface area contributed by atoms with Gasteiger partial charge in [-0.15, -0.1) is 0 Å². The first-order valence-electron chi connectivity index (χ1n) is 13.7. The van der Waals surface area contributed by atoms with Crippen LogP contribution in [-0.4, -0.2) is 46.1 Å². The summed E-state index contributed by atoms with van der Waals surface area (Å²) in [7, 11) is 0. The van der Waals surface area contributed by atoms with Crippen LogP contribution in [0, 0.1) is 23.7 Å². The third-order valence-electron chi connectivity index (χ3n) is 9.21. The Kier molecular flexibility index (Phi) is 8.75. The first kappa shape index (κ1) is 24.6. The van der Waals surface area contributed by atoms with Crippen molar-refractivity contribution in [2.75, 3.05) is 0 Å². The molecule has 2 nitrogen and oxygen atoms in total. The van der Waals surface area contributed by atoms with Crippen LogP contribution in [0.4, 0.5) is 0 Å². The number of nitrogens with zero attached hydrogens (tertiary/aromatic N) is 2. The molecule has 30 heavy (non-hydrogen) atoms. The lowest BCUT2D eigenvalue weighted by Crippen LogP contribution is -2.55. The summed E-state index contributed by atoms with van der Waals surface area (Å²) in [4.78, 5) is 5.64. The van der Waals surface area contributed by atoms with Gasteiger partial charge in [-0.25, -0.2) is 0 Å². The van der Waals surface area contributed by atoms with E-state index in [0.717, 1.165) is 59.9 Å². The van der Waals surface area contributed by atoms with Gasteiger partial charge in [0, 0.05) is 36.3 Å². The predicted octanol–water partition coefficient (Wildman–Crippen LogP) is 7.37. The highest BCUT2D eigenvalue weighted by Crippen LogP contribution is 2.41. The van der Waals surface area contributed by atoms with Crippen LogP contribution in [0.25, 0.3) is 0 Å². The maximum atomic E-state index is 2.82. The molecule has 4 saturated heterocycles. The smallest absolute Gasteiger partial charge is 0.0104 e. The van der Waals surface area contributed by atoms with Gasteiger partial charge in [0.2, 0.25) is 0 Å². The Hall–Kier alpha value is -0.0800.